The lowest BCUT2D eigenvalue weighted by Crippen LogP contribution is -2.05. The van der Waals surface area contributed by atoms with E-state index in [1.807, 2.05) is 56.3 Å². The number of hydrogen-bond acceptors (Lipinski definition) is 3. The molecule has 1 aromatic heterocycles. The number of benzene rings is 2. The third kappa shape index (κ3) is 2.93. The van der Waals surface area contributed by atoms with Gasteiger partial charge in [-0.2, -0.15) is 0 Å². The molecule has 0 amide bonds. The van der Waals surface area contributed by atoms with Crippen molar-refractivity contribution in [2.24, 2.45) is 4.99 Å². The first-order valence-corrected chi connectivity index (χ1v) is 7.86. The normalized spacial score (nSPS) is 11.7. The van der Waals surface area contributed by atoms with Gasteiger partial charge in [0.2, 0.25) is 0 Å². The Bertz CT molecular complexity index is 959. The Balaban J connectivity index is 2.18. The number of fused-ring (bicyclic) bond motifs is 1. The minimum Gasteiger partial charge on any atom is -0.454 e. The van der Waals surface area contributed by atoms with Crippen molar-refractivity contribution in [3.8, 4) is 0 Å². The number of aliphatic imine (C=N–C) groups is 1. The number of furan rings is 1. The summed E-state index contributed by atoms with van der Waals surface area (Å²) in [5.41, 5.74) is 5.80. The van der Waals surface area contributed by atoms with Gasteiger partial charge >= 0.3 is 0 Å². The van der Waals surface area contributed by atoms with Crippen LogP contribution in [0.3, 0.4) is 0 Å². The van der Waals surface area contributed by atoms with Crippen LogP contribution in [0.1, 0.15) is 36.3 Å². The fraction of sp³-hybridized carbons (Fsp3) is 0.143. The van der Waals surface area contributed by atoms with Gasteiger partial charge < -0.3 is 9.83 Å². The van der Waals surface area contributed by atoms with Crippen LogP contribution in [0.4, 0.5) is 0 Å². The first-order chi connectivity index (χ1) is 11.5. The summed E-state index contributed by atoms with van der Waals surface area (Å²) in [5.74, 6) is 0.763. The van der Waals surface area contributed by atoms with Crippen molar-refractivity contribution in [2.45, 2.75) is 20.8 Å². The van der Waals surface area contributed by atoms with Gasteiger partial charge in [0, 0.05) is 27.9 Å². The van der Waals surface area contributed by atoms with Gasteiger partial charge in [-0.1, -0.05) is 49.0 Å². The Morgan fingerprint density at radius 2 is 1.62 bits per heavy atom. The molecule has 2 aromatic carbocycles. The molecular formula is C21H20N2O. The molecule has 0 spiro atoms. The van der Waals surface area contributed by atoms with Gasteiger partial charge in [-0.3, -0.25) is 0 Å². The van der Waals surface area contributed by atoms with E-state index >= 15 is 0 Å². The quantitative estimate of drug-likeness (QED) is 0.635. The molecule has 3 heteroatoms. The summed E-state index contributed by atoms with van der Waals surface area (Å²) >= 11 is 0. The Morgan fingerprint density at radius 1 is 1.00 bits per heavy atom. The standard InChI is InChI=1S/C21H20N2O/c1-13(2)23-20(17-11-9-16(10-12-17)15(4)22)21-14(3)18-7-5-6-8-19(18)24-21/h5-12,22H,1H2,2-4H3. The maximum Gasteiger partial charge on any atom is 0.157 e. The monoisotopic (exact) mass is 316 g/mol. The van der Waals surface area contributed by atoms with Crippen LogP contribution >= 0.6 is 0 Å². The molecule has 0 bridgehead atoms. The van der Waals surface area contributed by atoms with Crippen LogP contribution in [0, 0.1) is 12.3 Å². The van der Waals surface area contributed by atoms with Crippen molar-refractivity contribution in [3.05, 3.63) is 83.3 Å². The van der Waals surface area contributed by atoms with Crippen molar-refractivity contribution < 1.29 is 4.42 Å². The average Bonchev–Trinajstić information content (AvgIpc) is 2.90. The Kier molecular flexibility index (Phi) is 4.17. The molecule has 0 atom stereocenters. The third-order valence-corrected chi connectivity index (χ3v) is 3.95. The summed E-state index contributed by atoms with van der Waals surface area (Å²) in [6, 6.07) is 15.8. The number of hydrogen-bond donors (Lipinski definition) is 1. The molecule has 0 fully saturated rings. The molecule has 0 aliphatic rings. The first kappa shape index (κ1) is 15.9. The van der Waals surface area contributed by atoms with Crippen LogP contribution in [0.5, 0.6) is 0 Å². The number of aryl methyl sites for hydroxylation is 1. The van der Waals surface area contributed by atoms with Crippen LogP contribution < -0.4 is 0 Å². The Morgan fingerprint density at radius 3 is 2.21 bits per heavy atom. The van der Waals surface area contributed by atoms with E-state index in [1.54, 1.807) is 6.92 Å². The SMILES string of the molecule is C=C(C)N=C(c1ccc(C(C)=N)cc1)c1oc2ccccc2c1C. The highest BCUT2D eigenvalue weighted by Crippen LogP contribution is 2.28. The van der Waals surface area contributed by atoms with E-state index in [2.05, 4.69) is 17.6 Å². The largest absolute Gasteiger partial charge is 0.454 e. The van der Waals surface area contributed by atoms with Crippen LogP contribution in [0.25, 0.3) is 11.0 Å². The maximum atomic E-state index is 7.73. The second kappa shape index (κ2) is 6.28. The molecular weight excluding hydrogens is 296 g/mol. The molecule has 0 radical (unpaired) electrons. The summed E-state index contributed by atoms with van der Waals surface area (Å²) in [6.45, 7) is 9.61. The minimum atomic E-state index is 0.542. The summed E-state index contributed by atoms with van der Waals surface area (Å²) < 4.78 is 6.08. The number of allylic oxidation sites excluding steroid dienone is 1. The van der Waals surface area contributed by atoms with Gasteiger partial charge in [0.1, 0.15) is 11.3 Å². The van der Waals surface area contributed by atoms with Crippen molar-refractivity contribution in [3.63, 3.8) is 0 Å². The van der Waals surface area contributed by atoms with Crippen LogP contribution in [-0.4, -0.2) is 11.4 Å². The minimum absolute atomic E-state index is 0.542. The second-order valence-corrected chi connectivity index (χ2v) is 5.95. The van der Waals surface area contributed by atoms with E-state index < -0.39 is 0 Å². The van der Waals surface area contributed by atoms with Crippen molar-refractivity contribution in [1.29, 1.82) is 5.41 Å². The number of nitrogens with one attached hydrogen (secondary N) is 1. The van der Waals surface area contributed by atoms with Gasteiger partial charge in [-0.25, -0.2) is 4.99 Å². The summed E-state index contributed by atoms with van der Waals surface area (Å²) in [7, 11) is 0. The highest BCUT2D eigenvalue weighted by Gasteiger charge is 2.17. The molecule has 1 N–H and O–H groups in total. The molecule has 24 heavy (non-hydrogen) atoms. The molecule has 0 aliphatic carbocycles. The zero-order valence-electron chi connectivity index (χ0n) is 14.2. The zero-order valence-corrected chi connectivity index (χ0v) is 14.2. The summed E-state index contributed by atoms with van der Waals surface area (Å²) in [4.78, 5) is 4.62. The lowest BCUT2D eigenvalue weighted by Gasteiger charge is -2.07. The van der Waals surface area contributed by atoms with E-state index in [-0.39, 0.29) is 0 Å². The smallest absolute Gasteiger partial charge is 0.157 e. The zero-order chi connectivity index (χ0) is 17.3. The highest BCUT2D eigenvalue weighted by atomic mass is 16.3. The predicted octanol–water partition coefficient (Wildman–Crippen LogP) is 5.50. The number of nitrogens with zero attached hydrogens (tertiary/aromatic N) is 1. The Hall–Kier alpha value is -2.94. The van der Waals surface area contributed by atoms with E-state index in [1.165, 1.54) is 0 Å². The van der Waals surface area contributed by atoms with Crippen molar-refractivity contribution >= 4 is 22.4 Å². The highest BCUT2D eigenvalue weighted by molar-refractivity contribution is 6.14. The molecule has 0 saturated heterocycles. The van der Waals surface area contributed by atoms with Crippen LogP contribution in [0.15, 0.2) is 70.2 Å². The van der Waals surface area contributed by atoms with Crippen molar-refractivity contribution in [2.75, 3.05) is 0 Å². The number of para-hydroxylation sites is 1. The van der Waals surface area contributed by atoms with Gasteiger partial charge in [0.05, 0.1) is 0 Å². The summed E-state index contributed by atoms with van der Waals surface area (Å²) in [5, 5.41) is 8.83. The lowest BCUT2D eigenvalue weighted by molar-refractivity contribution is 0.602. The second-order valence-electron chi connectivity index (χ2n) is 5.95. The van der Waals surface area contributed by atoms with E-state index in [9.17, 15) is 0 Å². The lowest BCUT2D eigenvalue weighted by atomic mass is 10.0. The summed E-state index contributed by atoms with van der Waals surface area (Å²) in [6.07, 6.45) is 0. The fourth-order valence-corrected chi connectivity index (χ4v) is 2.72. The van der Waals surface area contributed by atoms with E-state index in [0.29, 0.717) is 5.71 Å². The fourth-order valence-electron chi connectivity index (χ4n) is 2.72. The molecule has 0 saturated carbocycles. The van der Waals surface area contributed by atoms with Crippen LogP contribution in [-0.2, 0) is 0 Å². The molecule has 3 nitrogen and oxygen atoms in total. The van der Waals surface area contributed by atoms with Gasteiger partial charge in [-0.05, 0) is 32.4 Å². The van der Waals surface area contributed by atoms with E-state index in [4.69, 9.17) is 9.83 Å². The van der Waals surface area contributed by atoms with Crippen LogP contribution in [0.2, 0.25) is 0 Å². The van der Waals surface area contributed by atoms with Gasteiger partial charge in [0.25, 0.3) is 0 Å². The molecule has 0 aliphatic heterocycles. The molecule has 3 rings (SSSR count). The van der Waals surface area contributed by atoms with E-state index in [0.717, 1.165) is 44.8 Å². The average molecular weight is 316 g/mol. The number of rotatable bonds is 4. The molecule has 3 aromatic rings. The van der Waals surface area contributed by atoms with Crippen molar-refractivity contribution in [1.82, 2.24) is 0 Å². The third-order valence-electron chi connectivity index (χ3n) is 3.95. The van der Waals surface area contributed by atoms with Gasteiger partial charge in [0.15, 0.2) is 5.76 Å². The van der Waals surface area contributed by atoms with Gasteiger partial charge in [-0.15, -0.1) is 0 Å². The molecule has 1 heterocycles. The molecule has 120 valence electrons. The Labute approximate surface area is 141 Å². The predicted molar refractivity (Wildman–Crippen MR) is 100 cm³/mol. The topological polar surface area (TPSA) is 49.4 Å². The maximum absolute atomic E-state index is 7.73. The first-order valence-electron chi connectivity index (χ1n) is 7.86. The molecule has 0 unspecified atom stereocenters.